The number of rotatable bonds is 28. The predicted molar refractivity (Wildman–Crippen MR) is 218 cm³/mol. The number of benzene rings is 2. The van der Waals surface area contributed by atoms with E-state index in [-0.39, 0.29) is 43.9 Å². The molecular weight excluding hydrogens is 729 g/mol. The fourth-order valence-electron chi connectivity index (χ4n) is 6.66. The molecule has 314 valence electrons. The Balaban J connectivity index is 2.17. The van der Waals surface area contributed by atoms with Gasteiger partial charge >= 0.3 is 5.97 Å². The molecule has 0 saturated heterocycles. The number of amides is 3. The SMILES string of the molecule is CCN(CC)CCCC[C@H](NC(=O)C(CC(=O)[C@H](C)NC(=O)C(CC(=O)CNC(=O)c1ccccc1)Cc1ccccc1)CC(C)C)C(=O)CC(CO)C(=O)OC. The first kappa shape index (κ1) is 48.4. The quantitative estimate of drug-likeness (QED) is 0.0722. The highest BCUT2D eigenvalue weighted by Gasteiger charge is 2.32. The summed E-state index contributed by atoms with van der Waals surface area (Å²) in [6.45, 7) is 11.3. The number of aliphatic hydroxyl groups is 1. The van der Waals surface area contributed by atoms with Crippen molar-refractivity contribution < 1.29 is 43.4 Å². The Bertz CT molecular complexity index is 1580. The van der Waals surface area contributed by atoms with Gasteiger partial charge in [0.1, 0.15) is 0 Å². The first-order valence-corrected chi connectivity index (χ1v) is 20.2. The first-order chi connectivity index (χ1) is 27.2. The number of hydrogen-bond donors (Lipinski definition) is 4. The molecule has 5 atom stereocenters. The summed E-state index contributed by atoms with van der Waals surface area (Å²) in [6, 6.07) is 15.7. The second kappa shape index (κ2) is 26.2. The number of ether oxygens (including phenoxy) is 1. The average molecular weight is 793 g/mol. The van der Waals surface area contributed by atoms with Crippen LogP contribution >= 0.6 is 0 Å². The van der Waals surface area contributed by atoms with Crippen molar-refractivity contribution in [2.75, 3.05) is 39.9 Å². The van der Waals surface area contributed by atoms with Gasteiger partial charge in [0.15, 0.2) is 17.3 Å². The summed E-state index contributed by atoms with van der Waals surface area (Å²) in [6.07, 6.45) is 1.59. The average Bonchev–Trinajstić information content (AvgIpc) is 3.20. The van der Waals surface area contributed by atoms with E-state index >= 15 is 0 Å². The van der Waals surface area contributed by atoms with E-state index in [0.717, 1.165) is 31.6 Å². The summed E-state index contributed by atoms with van der Waals surface area (Å²) in [7, 11) is 1.18. The number of aliphatic hydroxyl groups excluding tert-OH is 1. The smallest absolute Gasteiger partial charge is 0.311 e. The molecule has 57 heavy (non-hydrogen) atoms. The molecule has 13 nitrogen and oxygen atoms in total. The molecular formula is C44H64N4O9. The summed E-state index contributed by atoms with van der Waals surface area (Å²) in [4.78, 5) is 94.8. The molecule has 0 aliphatic rings. The number of hydrogen-bond acceptors (Lipinski definition) is 10. The predicted octanol–water partition coefficient (Wildman–Crippen LogP) is 4.10. The minimum Gasteiger partial charge on any atom is -0.469 e. The number of carbonyl (C=O) groups is 7. The van der Waals surface area contributed by atoms with Gasteiger partial charge in [-0.05, 0) is 82.3 Å². The molecule has 0 saturated carbocycles. The zero-order valence-corrected chi connectivity index (χ0v) is 34.6. The van der Waals surface area contributed by atoms with Crippen LogP contribution in [0.2, 0.25) is 0 Å². The zero-order valence-electron chi connectivity index (χ0n) is 34.6. The molecule has 3 unspecified atom stereocenters. The van der Waals surface area contributed by atoms with Crippen LogP contribution in [0, 0.1) is 23.7 Å². The van der Waals surface area contributed by atoms with Crippen molar-refractivity contribution >= 4 is 41.0 Å². The molecule has 2 rings (SSSR count). The Morgan fingerprint density at radius 2 is 1.33 bits per heavy atom. The van der Waals surface area contributed by atoms with Crippen molar-refractivity contribution in [2.24, 2.45) is 23.7 Å². The van der Waals surface area contributed by atoms with Gasteiger partial charge in [0.05, 0.1) is 38.3 Å². The molecule has 0 aromatic heterocycles. The van der Waals surface area contributed by atoms with Crippen LogP contribution in [-0.2, 0) is 39.9 Å². The van der Waals surface area contributed by atoms with Crippen LogP contribution in [0.15, 0.2) is 60.7 Å². The number of carbonyl (C=O) groups excluding carboxylic acids is 7. The van der Waals surface area contributed by atoms with Gasteiger partial charge < -0.3 is 30.7 Å². The van der Waals surface area contributed by atoms with E-state index in [9.17, 15) is 38.7 Å². The minimum atomic E-state index is -1.07. The summed E-state index contributed by atoms with van der Waals surface area (Å²) in [5.41, 5.74) is 1.23. The van der Waals surface area contributed by atoms with Gasteiger partial charge in [0.2, 0.25) is 11.8 Å². The lowest BCUT2D eigenvalue weighted by molar-refractivity contribution is -0.149. The van der Waals surface area contributed by atoms with Crippen LogP contribution in [0.3, 0.4) is 0 Å². The highest BCUT2D eigenvalue weighted by atomic mass is 16.5. The van der Waals surface area contributed by atoms with Crippen LogP contribution in [0.4, 0.5) is 0 Å². The first-order valence-electron chi connectivity index (χ1n) is 20.2. The number of nitrogens with zero attached hydrogens (tertiary/aromatic N) is 1. The number of methoxy groups -OCH3 is 1. The van der Waals surface area contributed by atoms with Crippen LogP contribution in [0.1, 0.15) is 95.5 Å². The van der Waals surface area contributed by atoms with E-state index < -0.39 is 71.7 Å². The molecule has 2 aromatic rings. The van der Waals surface area contributed by atoms with E-state index in [1.807, 2.05) is 44.2 Å². The monoisotopic (exact) mass is 792 g/mol. The van der Waals surface area contributed by atoms with Crippen molar-refractivity contribution in [3.05, 3.63) is 71.8 Å². The van der Waals surface area contributed by atoms with E-state index in [1.54, 1.807) is 30.3 Å². The number of esters is 1. The lowest BCUT2D eigenvalue weighted by Gasteiger charge is -2.25. The van der Waals surface area contributed by atoms with Gasteiger partial charge in [0, 0.05) is 36.7 Å². The molecule has 0 fully saturated rings. The number of nitrogens with one attached hydrogen (secondary N) is 3. The van der Waals surface area contributed by atoms with Crippen molar-refractivity contribution in [3.63, 3.8) is 0 Å². The van der Waals surface area contributed by atoms with Gasteiger partial charge in [-0.15, -0.1) is 0 Å². The fourth-order valence-corrected chi connectivity index (χ4v) is 6.66. The summed E-state index contributed by atoms with van der Waals surface area (Å²) < 4.78 is 4.74. The molecule has 0 heterocycles. The second-order valence-electron chi connectivity index (χ2n) is 15.1. The zero-order chi connectivity index (χ0) is 42.3. The second-order valence-corrected chi connectivity index (χ2v) is 15.1. The third kappa shape index (κ3) is 17.9. The summed E-state index contributed by atoms with van der Waals surface area (Å²) >= 11 is 0. The largest absolute Gasteiger partial charge is 0.469 e. The molecule has 3 amide bonds. The van der Waals surface area contributed by atoms with Gasteiger partial charge in [-0.3, -0.25) is 33.6 Å². The molecule has 2 aromatic carbocycles. The standard InChI is InChI=1S/C44H64N4O9/c1-7-48(8-2)22-16-15-21-38(40(52)27-36(29-49)44(56)57-6)47-43(55)34(23-30(3)4)26-39(51)31(5)46-42(54)35(24-32-17-11-9-12-18-32)25-37(50)28-45-41(53)33-19-13-10-14-20-33/h9-14,17-20,30-31,34-36,38,49H,7-8,15-16,21-29H2,1-6H3,(H,45,53)(H,46,54)(H,47,55)/t31-,34?,35?,36?,38-/m0/s1. The maximum absolute atomic E-state index is 13.9. The Kier molecular flexibility index (Phi) is 22.3. The molecule has 13 heteroatoms. The summed E-state index contributed by atoms with van der Waals surface area (Å²) in [5, 5.41) is 18.0. The molecule has 0 radical (unpaired) electrons. The maximum Gasteiger partial charge on any atom is 0.311 e. The van der Waals surface area contributed by atoms with Crippen LogP contribution in [0.5, 0.6) is 0 Å². The van der Waals surface area contributed by atoms with E-state index in [2.05, 4.69) is 34.7 Å². The molecule has 0 bridgehead atoms. The maximum atomic E-state index is 13.9. The third-order valence-corrected chi connectivity index (χ3v) is 10.1. The Morgan fingerprint density at radius 1 is 0.737 bits per heavy atom. The normalized spacial score (nSPS) is 13.8. The van der Waals surface area contributed by atoms with Crippen LogP contribution in [-0.4, -0.2) is 103 Å². The topological polar surface area (TPSA) is 188 Å². The van der Waals surface area contributed by atoms with E-state index in [0.29, 0.717) is 24.8 Å². The van der Waals surface area contributed by atoms with Crippen molar-refractivity contribution in [1.29, 1.82) is 0 Å². The Labute approximate surface area is 338 Å². The van der Waals surface area contributed by atoms with E-state index in [1.165, 1.54) is 14.0 Å². The number of ketones is 3. The number of Topliss-reactive ketones (excluding diaryl/α,β-unsaturated/α-hetero) is 3. The van der Waals surface area contributed by atoms with Crippen molar-refractivity contribution in [2.45, 2.75) is 98.1 Å². The van der Waals surface area contributed by atoms with Gasteiger partial charge in [-0.25, -0.2) is 0 Å². The Hall–Kier alpha value is -4.75. The lowest BCUT2D eigenvalue weighted by atomic mass is 9.88. The van der Waals surface area contributed by atoms with Gasteiger partial charge in [0.25, 0.3) is 5.91 Å². The highest BCUT2D eigenvalue weighted by molar-refractivity contribution is 5.98. The molecule has 0 aliphatic carbocycles. The van der Waals surface area contributed by atoms with Crippen molar-refractivity contribution in [1.82, 2.24) is 20.9 Å². The molecule has 4 N–H and O–H groups in total. The molecule has 0 spiro atoms. The van der Waals surface area contributed by atoms with Gasteiger partial charge in [-0.2, -0.15) is 0 Å². The van der Waals surface area contributed by atoms with Crippen LogP contribution in [0.25, 0.3) is 0 Å². The Morgan fingerprint density at radius 3 is 1.91 bits per heavy atom. The van der Waals surface area contributed by atoms with Gasteiger partial charge in [-0.1, -0.05) is 76.2 Å². The lowest BCUT2D eigenvalue weighted by Crippen LogP contribution is -2.47. The minimum absolute atomic E-state index is 0.0170. The van der Waals surface area contributed by atoms with E-state index in [4.69, 9.17) is 4.74 Å². The van der Waals surface area contributed by atoms with Crippen molar-refractivity contribution in [3.8, 4) is 0 Å². The number of unbranched alkanes of at least 4 members (excludes halogenated alkanes) is 1. The highest BCUT2D eigenvalue weighted by Crippen LogP contribution is 2.20. The van der Waals surface area contributed by atoms with Crippen LogP contribution < -0.4 is 16.0 Å². The third-order valence-electron chi connectivity index (χ3n) is 10.1. The summed E-state index contributed by atoms with van der Waals surface area (Å²) in [5.74, 6) is -5.97. The molecule has 0 aliphatic heterocycles. The fraction of sp³-hybridized carbons (Fsp3) is 0.568.